The number of ether oxygens (including phenoxy) is 1. The molecule has 0 aliphatic carbocycles. The van der Waals surface area contributed by atoms with Gasteiger partial charge in [0.25, 0.3) is 0 Å². The van der Waals surface area contributed by atoms with Gasteiger partial charge in [-0.15, -0.1) is 11.8 Å². The van der Waals surface area contributed by atoms with E-state index in [1.807, 2.05) is 30.3 Å². The van der Waals surface area contributed by atoms with Gasteiger partial charge in [-0.1, -0.05) is 43.2 Å². The number of nitrogens with one attached hydrogen (secondary N) is 2. The molecule has 39 heavy (non-hydrogen) atoms. The fourth-order valence-electron chi connectivity index (χ4n) is 6.90. The third kappa shape index (κ3) is 5.99. The number of likely N-dealkylation sites (tertiary alicyclic amines) is 1. The van der Waals surface area contributed by atoms with Gasteiger partial charge in [-0.3, -0.25) is 19.3 Å². The van der Waals surface area contributed by atoms with Gasteiger partial charge in [0.15, 0.2) is 0 Å². The summed E-state index contributed by atoms with van der Waals surface area (Å²) in [5.74, 6) is -1.09. The molecule has 2 unspecified atom stereocenters. The first-order valence-corrected chi connectivity index (χ1v) is 15.4. The van der Waals surface area contributed by atoms with Crippen LogP contribution in [0, 0.1) is 11.8 Å². The van der Waals surface area contributed by atoms with E-state index in [1.165, 1.54) is 0 Å². The summed E-state index contributed by atoms with van der Waals surface area (Å²) in [5, 5.41) is 15.4. The van der Waals surface area contributed by atoms with Gasteiger partial charge in [0.1, 0.15) is 6.04 Å². The molecule has 4 heterocycles. The van der Waals surface area contributed by atoms with Crippen molar-refractivity contribution >= 4 is 29.5 Å². The van der Waals surface area contributed by atoms with Crippen molar-refractivity contribution in [2.45, 2.75) is 61.1 Å². The summed E-state index contributed by atoms with van der Waals surface area (Å²) in [6, 6.07) is 9.25. The monoisotopic (exact) mass is 558 g/mol. The third-order valence-electron chi connectivity index (χ3n) is 8.80. The van der Waals surface area contributed by atoms with E-state index in [4.69, 9.17) is 9.84 Å². The first-order chi connectivity index (χ1) is 19.0. The van der Waals surface area contributed by atoms with Crippen molar-refractivity contribution in [3.63, 3.8) is 0 Å². The van der Waals surface area contributed by atoms with Crippen molar-refractivity contribution < 1.29 is 24.2 Å². The number of hydrogen-bond donors (Lipinski definition) is 3. The largest absolute Gasteiger partial charge is 0.396 e. The van der Waals surface area contributed by atoms with Gasteiger partial charge in [0.2, 0.25) is 17.7 Å². The van der Waals surface area contributed by atoms with Gasteiger partial charge >= 0.3 is 0 Å². The van der Waals surface area contributed by atoms with Crippen LogP contribution in [0.25, 0.3) is 0 Å². The average Bonchev–Trinajstić information content (AvgIpc) is 3.60. The van der Waals surface area contributed by atoms with Gasteiger partial charge in [0.05, 0.1) is 29.8 Å². The molecule has 0 saturated carbocycles. The second kappa shape index (κ2) is 13.0. The minimum atomic E-state index is -0.556. The van der Waals surface area contributed by atoms with Gasteiger partial charge < -0.3 is 25.4 Å². The molecule has 4 fully saturated rings. The molecular weight excluding hydrogens is 516 g/mol. The zero-order valence-electron chi connectivity index (χ0n) is 22.7. The molecular formula is C29H42N4O5S. The maximum absolute atomic E-state index is 14.0. The highest BCUT2D eigenvalue weighted by Gasteiger charge is 2.73. The summed E-state index contributed by atoms with van der Waals surface area (Å²) in [5.41, 5.74) is 1.02. The molecule has 10 heteroatoms. The number of rotatable bonds is 13. The van der Waals surface area contributed by atoms with Crippen LogP contribution < -0.4 is 10.6 Å². The summed E-state index contributed by atoms with van der Waals surface area (Å²) < 4.78 is 4.87. The van der Waals surface area contributed by atoms with Crippen molar-refractivity contribution in [3.05, 3.63) is 35.9 Å². The lowest BCUT2D eigenvalue weighted by molar-refractivity contribution is -0.140. The van der Waals surface area contributed by atoms with Gasteiger partial charge in [-0.25, -0.2) is 0 Å². The molecule has 0 radical (unpaired) electrons. The number of carbonyl (C=O) groups excluding carboxylic acids is 3. The standard InChI is InChI=1S/C29H42N4O5S/c34-17-7-2-1-6-13-33-25(27(36)30-12-14-32-15-18-38-19-16-32)29-11-10-22(39-29)23(24(29)28(33)37)26(35)31-20-21-8-4-3-5-9-21/h3-5,8-9,22-25,34H,1-2,6-7,10-20H2,(H,30,36)(H,31,35)/t22-,23+,24-,25?,29?/m0/s1. The Morgan fingerprint density at radius 2 is 1.79 bits per heavy atom. The highest BCUT2D eigenvalue weighted by atomic mass is 32.2. The summed E-state index contributed by atoms with van der Waals surface area (Å²) in [4.78, 5) is 45.4. The number of benzene rings is 1. The molecule has 2 bridgehead atoms. The van der Waals surface area contributed by atoms with Crippen molar-refractivity contribution in [2.75, 3.05) is 52.5 Å². The molecule has 214 valence electrons. The molecule has 1 spiro atoms. The maximum atomic E-state index is 14.0. The Morgan fingerprint density at radius 1 is 1.03 bits per heavy atom. The lowest BCUT2D eigenvalue weighted by Crippen LogP contribution is -2.54. The van der Waals surface area contributed by atoms with Crippen molar-refractivity contribution in [2.24, 2.45) is 11.8 Å². The van der Waals surface area contributed by atoms with E-state index in [0.29, 0.717) is 32.8 Å². The van der Waals surface area contributed by atoms with Gasteiger partial charge in [0, 0.05) is 51.1 Å². The van der Waals surface area contributed by atoms with Crippen LogP contribution in [0.5, 0.6) is 0 Å². The zero-order chi connectivity index (χ0) is 27.2. The van der Waals surface area contributed by atoms with Crippen LogP contribution in [0.4, 0.5) is 0 Å². The molecule has 1 aromatic carbocycles. The SMILES string of the molecule is O=C(NCCN1CCOCC1)C1N(CCCCCCO)C(=O)[C@@H]2[C@H](C(=O)NCc3ccccc3)[C@@H]3CCC12S3. The lowest BCUT2D eigenvalue weighted by Gasteiger charge is -2.34. The average molecular weight is 559 g/mol. The van der Waals surface area contributed by atoms with E-state index in [-0.39, 0.29) is 29.6 Å². The highest BCUT2D eigenvalue weighted by Crippen LogP contribution is 2.66. The van der Waals surface area contributed by atoms with E-state index in [0.717, 1.165) is 63.7 Å². The zero-order valence-corrected chi connectivity index (χ0v) is 23.5. The summed E-state index contributed by atoms with van der Waals surface area (Å²) in [6.45, 7) is 5.55. The smallest absolute Gasteiger partial charge is 0.244 e. The molecule has 0 aromatic heterocycles. The van der Waals surface area contributed by atoms with E-state index < -0.39 is 22.6 Å². The number of fused-ring (bicyclic) bond motifs is 1. The highest BCUT2D eigenvalue weighted by molar-refractivity contribution is 8.02. The summed E-state index contributed by atoms with van der Waals surface area (Å²) in [6.07, 6.45) is 4.94. The number of aliphatic hydroxyl groups is 1. The Kier molecular flexibility index (Phi) is 9.48. The first kappa shape index (κ1) is 28.4. The van der Waals surface area contributed by atoms with E-state index >= 15 is 0 Å². The first-order valence-electron chi connectivity index (χ1n) is 14.5. The van der Waals surface area contributed by atoms with Crippen LogP contribution in [0.3, 0.4) is 0 Å². The van der Waals surface area contributed by atoms with Crippen molar-refractivity contribution in [3.8, 4) is 0 Å². The number of carbonyl (C=O) groups is 3. The molecule has 4 aliphatic heterocycles. The van der Waals surface area contributed by atoms with E-state index in [9.17, 15) is 14.4 Å². The second-order valence-corrected chi connectivity index (χ2v) is 12.8. The van der Waals surface area contributed by atoms with E-state index in [2.05, 4.69) is 15.5 Å². The molecule has 4 aliphatic rings. The predicted molar refractivity (Wildman–Crippen MR) is 150 cm³/mol. The second-order valence-electron chi connectivity index (χ2n) is 11.2. The topological polar surface area (TPSA) is 111 Å². The summed E-state index contributed by atoms with van der Waals surface area (Å²) in [7, 11) is 0. The number of unbranched alkanes of at least 4 members (excludes halogenated alkanes) is 3. The molecule has 5 atom stereocenters. The fraction of sp³-hybridized carbons (Fsp3) is 0.690. The maximum Gasteiger partial charge on any atom is 0.244 e. The molecule has 5 rings (SSSR count). The Morgan fingerprint density at radius 3 is 2.56 bits per heavy atom. The van der Waals surface area contributed by atoms with Crippen LogP contribution in [0.2, 0.25) is 0 Å². The molecule has 3 amide bonds. The quantitative estimate of drug-likeness (QED) is 0.314. The number of thioether (sulfide) groups is 1. The van der Waals surface area contributed by atoms with Crippen LogP contribution in [-0.4, -0.2) is 101 Å². The fourth-order valence-corrected chi connectivity index (χ4v) is 9.12. The number of morpholine rings is 1. The van der Waals surface area contributed by atoms with Crippen molar-refractivity contribution in [1.82, 2.24) is 20.4 Å². The third-order valence-corrected chi connectivity index (χ3v) is 10.8. The number of hydrogen-bond acceptors (Lipinski definition) is 7. The predicted octanol–water partition coefficient (Wildman–Crippen LogP) is 1.40. The number of aliphatic hydroxyl groups excluding tert-OH is 1. The van der Waals surface area contributed by atoms with Crippen LogP contribution in [0.15, 0.2) is 30.3 Å². The van der Waals surface area contributed by atoms with Crippen LogP contribution in [-0.2, 0) is 25.7 Å². The minimum Gasteiger partial charge on any atom is -0.396 e. The molecule has 9 nitrogen and oxygen atoms in total. The Labute approximate surface area is 235 Å². The molecule has 3 N–H and O–H groups in total. The number of amides is 3. The normalized spacial score (nSPS) is 30.0. The van der Waals surface area contributed by atoms with E-state index in [1.54, 1.807) is 16.7 Å². The Bertz CT molecular complexity index is 1010. The van der Waals surface area contributed by atoms with Gasteiger partial charge in [-0.05, 0) is 31.2 Å². The molecule has 1 aromatic rings. The van der Waals surface area contributed by atoms with Crippen molar-refractivity contribution in [1.29, 1.82) is 0 Å². The number of nitrogens with zero attached hydrogens (tertiary/aromatic N) is 2. The lowest BCUT2D eigenvalue weighted by atomic mass is 9.70. The Hall–Kier alpha value is -2.14. The van der Waals surface area contributed by atoms with Gasteiger partial charge in [-0.2, -0.15) is 0 Å². The molecule has 4 saturated heterocycles. The minimum absolute atomic E-state index is 0.0416. The van der Waals surface area contributed by atoms with Crippen LogP contribution >= 0.6 is 11.8 Å². The van der Waals surface area contributed by atoms with Crippen LogP contribution in [0.1, 0.15) is 44.1 Å². The summed E-state index contributed by atoms with van der Waals surface area (Å²) >= 11 is 1.72. The Balaban J connectivity index is 1.29.